The molecule has 2 heteroatoms. The smallest absolute Gasteiger partial charge is 0.0574 e. The lowest BCUT2D eigenvalue weighted by Crippen LogP contribution is -2.04. The molecule has 1 N–H and O–H groups in total. The summed E-state index contributed by atoms with van der Waals surface area (Å²) in [5.74, 6) is 1.15. The first-order chi connectivity index (χ1) is 4.81. The van der Waals surface area contributed by atoms with E-state index in [0.717, 1.165) is 25.0 Å². The van der Waals surface area contributed by atoms with Gasteiger partial charge in [0.1, 0.15) is 0 Å². The number of aliphatic hydroxyl groups is 1. The molecule has 60 valence electrons. The highest BCUT2D eigenvalue weighted by Crippen LogP contribution is 2.05. The number of thioether (sulfide) groups is 1. The largest absolute Gasteiger partial charge is 0.393 e. The SMILES string of the molecule is C=CCC(O)CCCSC. The van der Waals surface area contributed by atoms with E-state index in [1.54, 1.807) is 6.08 Å². The zero-order chi connectivity index (χ0) is 7.82. The summed E-state index contributed by atoms with van der Waals surface area (Å²) in [4.78, 5) is 0. The minimum Gasteiger partial charge on any atom is -0.393 e. The summed E-state index contributed by atoms with van der Waals surface area (Å²) < 4.78 is 0. The van der Waals surface area contributed by atoms with Crippen LogP contribution in [0.2, 0.25) is 0 Å². The Labute approximate surface area is 67.5 Å². The van der Waals surface area contributed by atoms with E-state index in [1.165, 1.54) is 0 Å². The lowest BCUT2D eigenvalue weighted by atomic mass is 10.1. The molecule has 1 unspecified atom stereocenters. The Morgan fingerprint density at radius 3 is 2.90 bits per heavy atom. The van der Waals surface area contributed by atoms with E-state index in [-0.39, 0.29) is 6.10 Å². The van der Waals surface area contributed by atoms with Crippen molar-refractivity contribution in [2.24, 2.45) is 0 Å². The van der Waals surface area contributed by atoms with Gasteiger partial charge in [-0.3, -0.25) is 0 Å². The second kappa shape index (κ2) is 7.16. The van der Waals surface area contributed by atoms with Gasteiger partial charge in [-0.05, 0) is 31.3 Å². The van der Waals surface area contributed by atoms with E-state index in [1.807, 2.05) is 11.8 Å². The van der Waals surface area contributed by atoms with Crippen molar-refractivity contribution in [3.8, 4) is 0 Å². The maximum absolute atomic E-state index is 9.20. The lowest BCUT2D eigenvalue weighted by Gasteiger charge is -2.05. The third-order valence-corrected chi connectivity index (χ3v) is 2.02. The molecule has 0 saturated heterocycles. The van der Waals surface area contributed by atoms with Crippen molar-refractivity contribution in [3.63, 3.8) is 0 Å². The first-order valence-electron chi connectivity index (χ1n) is 3.59. The van der Waals surface area contributed by atoms with Crippen molar-refractivity contribution < 1.29 is 5.11 Å². The maximum Gasteiger partial charge on any atom is 0.0574 e. The molecule has 0 aromatic heterocycles. The van der Waals surface area contributed by atoms with Crippen molar-refractivity contribution in [2.75, 3.05) is 12.0 Å². The fraction of sp³-hybridized carbons (Fsp3) is 0.750. The number of hydrogen-bond acceptors (Lipinski definition) is 2. The van der Waals surface area contributed by atoms with Gasteiger partial charge in [-0.15, -0.1) is 6.58 Å². The molecule has 0 saturated carbocycles. The molecule has 0 aliphatic heterocycles. The van der Waals surface area contributed by atoms with Gasteiger partial charge >= 0.3 is 0 Å². The molecule has 0 fully saturated rings. The minimum absolute atomic E-state index is 0.162. The van der Waals surface area contributed by atoms with E-state index in [2.05, 4.69) is 12.8 Å². The highest BCUT2D eigenvalue weighted by molar-refractivity contribution is 7.98. The maximum atomic E-state index is 9.20. The Hall–Kier alpha value is 0.0500. The van der Waals surface area contributed by atoms with Crippen molar-refractivity contribution >= 4 is 11.8 Å². The Morgan fingerprint density at radius 2 is 2.40 bits per heavy atom. The third kappa shape index (κ3) is 6.17. The molecule has 0 radical (unpaired) electrons. The van der Waals surface area contributed by atoms with Crippen molar-refractivity contribution in [2.45, 2.75) is 25.4 Å². The van der Waals surface area contributed by atoms with E-state index in [0.29, 0.717) is 0 Å². The second-order valence-electron chi connectivity index (χ2n) is 2.31. The monoisotopic (exact) mass is 160 g/mol. The molecule has 1 atom stereocenters. The van der Waals surface area contributed by atoms with Crippen LogP contribution in [0.1, 0.15) is 19.3 Å². The summed E-state index contributed by atoms with van der Waals surface area (Å²) in [5, 5.41) is 9.20. The summed E-state index contributed by atoms with van der Waals surface area (Å²) in [6.45, 7) is 3.56. The van der Waals surface area contributed by atoms with Gasteiger partial charge in [0.15, 0.2) is 0 Å². The predicted octanol–water partition coefficient (Wildman–Crippen LogP) is 2.07. The van der Waals surface area contributed by atoms with E-state index in [9.17, 15) is 5.11 Å². The predicted molar refractivity (Wildman–Crippen MR) is 48.4 cm³/mol. The Morgan fingerprint density at radius 1 is 1.70 bits per heavy atom. The summed E-state index contributed by atoms with van der Waals surface area (Å²) in [7, 11) is 0. The van der Waals surface area contributed by atoms with Crippen LogP contribution in [-0.2, 0) is 0 Å². The quantitative estimate of drug-likeness (QED) is 0.474. The minimum atomic E-state index is -0.162. The molecule has 0 aliphatic carbocycles. The standard InChI is InChI=1S/C8H16OS/c1-3-5-8(9)6-4-7-10-2/h3,8-9H,1,4-7H2,2H3. The summed E-state index contributed by atoms with van der Waals surface area (Å²) >= 11 is 1.82. The van der Waals surface area contributed by atoms with Gasteiger partial charge in [0.25, 0.3) is 0 Å². The molecule has 0 aromatic rings. The van der Waals surface area contributed by atoms with E-state index >= 15 is 0 Å². The molecular weight excluding hydrogens is 144 g/mol. The van der Waals surface area contributed by atoms with Crippen LogP contribution in [0.3, 0.4) is 0 Å². The van der Waals surface area contributed by atoms with Gasteiger partial charge in [0, 0.05) is 0 Å². The van der Waals surface area contributed by atoms with Gasteiger partial charge in [0.2, 0.25) is 0 Å². The second-order valence-corrected chi connectivity index (χ2v) is 3.30. The lowest BCUT2D eigenvalue weighted by molar-refractivity contribution is 0.167. The van der Waals surface area contributed by atoms with Crippen LogP contribution in [0.5, 0.6) is 0 Å². The molecule has 0 spiro atoms. The van der Waals surface area contributed by atoms with Crippen LogP contribution < -0.4 is 0 Å². The van der Waals surface area contributed by atoms with E-state index in [4.69, 9.17) is 0 Å². The third-order valence-electron chi connectivity index (χ3n) is 1.32. The Balaban J connectivity index is 3.04. The molecule has 0 heterocycles. The molecule has 0 aliphatic rings. The van der Waals surface area contributed by atoms with Crippen LogP contribution >= 0.6 is 11.8 Å². The first kappa shape index (κ1) is 10.0. The van der Waals surface area contributed by atoms with Gasteiger partial charge in [-0.1, -0.05) is 6.08 Å². The van der Waals surface area contributed by atoms with E-state index < -0.39 is 0 Å². The van der Waals surface area contributed by atoms with Crippen LogP contribution in [0.4, 0.5) is 0 Å². The molecule has 10 heavy (non-hydrogen) atoms. The van der Waals surface area contributed by atoms with Crippen LogP contribution in [0, 0.1) is 0 Å². The first-order valence-corrected chi connectivity index (χ1v) is 4.98. The summed E-state index contributed by atoms with van der Waals surface area (Å²) in [6.07, 6.45) is 6.44. The highest BCUT2D eigenvalue weighted by Gasteiger charge is 1.99. The van der Waals surface area contributed by atoms with Gasteiger partial charge < -0.3 is 5.11 Å². The van der Waals surface area contributed by atoms with Crippen LogP contribution in [-0.4, -0.2) is 23.2 Å². The number of rotatable bonds is 6. The van der Waals surface area contributed by atoms with Crippen molar-refractivity contribution in [1.29, 1.82) is 0 Å². The highest BCUT2D eigenvalue weighted by atomic mass is 32.2. The topological polar surface area (TPSA) is 20.2 Å². The van der Waals surface area contributed by atoms with Crippen LogP contribution in [0.25, 0.3) is 0 Å². The Bertz CT molecular complexity index is 83.3. The molecule has 0 amide bonds. The number of hydrogen-bond donors (Lipinski definition) is 1. The zero-order valence-electron chi connectivity index (χ0n) is 6.55. The summed E-state index contributed by atoms with van der Waals surface area (Å²) in [5.41, 5.74) is 0. The molecule has 0 rings (SSSR count). The van der Waals surface area contributed by atoms with Gasteiger partial charge in [0.05, 0.1) is 6.10 Å². The Kier molecular flexibility index (Phi) is 7.20. The van der Waals surface area contributed by atoms with Crippen molar-refractivity contribution in [3.05, 3.63) is 12.7 Å². The number of aliphatic hydroxyl groups excluding tert-OH is 1. The molecule has 1 nitrogen and oxygen atoms in total. The molecule has 0 aromatic carbocycles. The average molecular weight is 160 g/mol. The van der Waals surface area contributed by atoms with Gasteiger partial charge in [-0.25, -0.2) is 0 Å². The van der Waals surface area contributed by atoms with Crippen molar-refractivity contribution in [1.82, 2.24) is 0 Å². The van der Waals surface area contributed by atoms with Gasteiger partial charge in [-0.2, -0.15) is 11.8 Å². The fourth-order valence-electron chi connectivity index (χ4n) is 0.774. The normalized spacial score (nSPS) is 13.0. The van der Waals surface area contributed by atoms with Crippen LogP contribution in [0.15, 0.2) is 12.7 Å². The zero-order valence-corrected chi connectivity index (χ0v) is 7.36. The average Bonchev–Trinajstić information content (AvgIpc) is 1.89. The fourth-order valence-corrected chi connectivity index (χ4v) is 1.23. The summed E-state index contributed by atoms with van der Waals surface area (Å²) in [6, 6.07) is 0. The molecular formula is C8H16OS. The molecule has 0 bridgehead atoms.